The Kier molecular flexibility index (Phi) is 5.87. The van der Waals surface area contributed by atoms with E-state index in [2.05, 4.69) is 84.7 Å². The summed E-state index contributed by atoms with van der Waals surface area (Å²) in [5.74, 6) is 1.20. The van der Waals surface area contributed by atoms with E-state index in [1.54, 1.807) is 18.3 Å². The Balaban J connectivity index is 1.57. The summed E-state index contributed by atoms with van der Waals surface area (Å²) in [6.07, 6.45) is 1.72. The fourth-order valence-corrected chi connectivity index (χ4v) is 3.84. The van der Waals surface area contributed by atoms with Gasteiger partial charge in [-0.2, -0.15) is 10.2 Å². The van der Waals surface area contributed by atoms with Gasteiger partial charge < -0.3 is 10.6 Å². The highest BCUT2D eigenvalue weighted by Crippen LogP contribution is 2.31. The summed E-state index contributed by atoms with van der Waals surface area (Å²) in [5.41, 5.74) is 9.76. The number of nitrogens with zero attached hydrogens (tertiary/aromatic N) is 3. The number of anilines is 4. The molecule has 4 rings (SSSR count). The van der Waals surface area contributed by atoms with Crippen molar-refractivity contribution in [3.63, 3.8) is 0 Å². The molecule has 1 aromatic heterocycles. The highest BCUT2D eigenvalue weighted by molar-refractivity contribution is 5.74. The van der Waals surface area contributed by atoms with Crippen LogP contribution in [0, 0.1) is 39.0 Å². The second-order valence-corrected chi connectivity index (χ2v) is 8.07. The lowest BCUT2D eigenvalue weighted by Gasteiger charge is -2.16. The van der Waals surface area contributed by atoms with Crippen LogP contribution < -0.4 is 10.6 Å². The van der Waals surface area contributed by atoms with E-state index in [0.29, 0.717) is 17.3 Å². The molecule has 32 heavy (non-hydrogen) atoms. The summed E-state index contributed by atoms with van der Waals surface area (Å²) < 4.78 is 0. The quantitative estimate of drug-likeness (QED) is 0.375. The SMILES string of the molecule is Cc1cc(C)cc(-c2cc(C)c(Nc3ccnc(Nc4ccc(C#N)cc4)n3)c(C)c2)c1. The first kappa shape index (κ1) is 21.1. The molecule has 158 valence electrons. The Hall–Kier alpha value is -4.17. The Bertz CT molecular complexity index is 1270. The zero-order valence-electron chi connectivity index (χ0n) is 18.7. The van der Waals surface area contributed by atoms with Crippen LogP contribution in [0.2, 0.25) is 0 Å². The average Bonchev–Trinajstić information content (AvgIpc) is 2.76. The molecule has 0 saturated carbocycles. The van der Waals surface area contributed by atoms with Gasteiger partial charge >= 0.3 is 0 Å². The zero-order chi connectivity index (χ0) is 22.7. The lowest BCUT2D eigenvalue weighted by molar-refractivity contribution is 1.16. The first-order valence-corrected chi connectivity index (χ1v) is 10.5. The molecule has 1 heterocycles. The van der Waals surface area contributed by atoms with Crippen molar-refractivity contribution < 1.29 is 0 Å². The Labute approximate surface area is 188 Å². The smallest absolute Gasteiger partial charge is 0.229 e. The molecule has 4 aromatic rings. The molecule has 0 fully saturated rings. The lowest BCUT2D eigenvalue weighted by atomic mass is 9.96. The van der Waals surface area contributed by atoms with E-state index in [1.165, 1.54) is 22.3 Å². The largest absolute Gasteiger partial charge is 0.340 e. The second-order valence-electron chi connectivity index (χ2n) is 8.07. The number of nitriles is 1. The average molecular weight is 420 g/mol. The topological polar surface area (TPSA) is 73.6 Å². The third-order valence-corrected chi connectivity index (χ3v) is 5.27. The molecule has 3 aromatic carbocycles. The third kappa shape index (κ3) is 4.76. The van der Waals surface area contributed by atoms with Gasteiger partial charge in [0.1, 0.15) is 5.82 Å². The van der Waals surface area contributed by atoms with Gasteiger partial charge in [0.15, 0.2) is 0 Å². The maximum Gasteiger partial charge on any atom is 0.229 e. The van der Waals surface area contributed by atoms with Crippen molar-refractivity contribution >= 4 is 23.1 Å². The molecule has 0 radical (unpaired) electrons. The van der Waals surface area contributed by atoms with E-state index in [1.807, 2.05) is 18.2 Å². The molecule has 0 aliphatic rings. The van der Waals surface area contributed by atoms with E-state index < -0.39 is 0 Å². The van der Waals surface area contributed by atoms with Gasteiger partial charge in [-0.15, -0.1) is 0 Å². The fourth-order valence-electron chi connectivity index (χ4n) is 3.84. The molecular formula is C27H25N5. The number of nitrogens with one attached hydrogen (secondary N) is 2. The molecular weight excluding hydrogens is 394 g/mol. The van der Waals surface area contributed by atoms with Crippen molar-refractivity contribution in [2.75, 3.05) is 10.6 Å². The summed E-state index contributed by atoms with van der Waals surface area (Å²) in [7, 11) is 0. The normalized spacial score (nSPS) is 10.5. The number of aromatic nitrogens is 2. The molecule has 0 aliphatic carbocycles. The predicted octanol–water partition coefficient (Wildman–Crippen LogP) is 6.74. The first-order valence-electron chi connectivity index (χ1n) is 10.5. The van der Waals surface area contributed by atoms with Crippen LogP contribution in [0.5, 0.6) is 0 Å². The molecule has 0 unspecified atom stereocenters. The predicted molar refractivity (Wildman–Crippen MR) is 131 cm³/mol. The van der Waals surface area contributed by atoms with Crippen molar-refractivity contribution in [3.05, 3.63) is 94.7 Å². The highest BCUT2D eigenvalue weighted by atomic mass is 15.1. The Morgan fingerprint density at radius 1 is 0.750 bits per heavy atom. The summed E-state index contributed by atoms with van der Waals surface area (Å²) in [6, 6.07) is 22.2. The van der Waals surface area contributed by atoms with E-state index >= 15 is 0 Å². The van der Waals surface area contributed by atoms with Crippen molar-refractivity contribution in [2.45, 2.75) is 27.7 Å². The van der Waals surface area contributed by atoms with Crippen LogP contribution in [0.25, 0.3) is 11.1 Å². The zero-order valence-corrected chi connectivity index (χ0v) is 18.7. The molecule has 0 atom stereocenters. The van der Waals surface area contributed by atoms with E-state index in [9.17, 15) is 0 Å². The van der Waals surface area contributed by atoms with Crippen LogP contribution in [-0.4, -0.2) is 9.97 Å². The summed E-state index contributed by atoms with van der Waals surface area (Å²) in [5, 5.41) is 15.6. The lowest BCUT2D eigenvalue weighted by Crippen LogP contribution is -2.02. The van der Waals surface area contributed by atoms with Gasteiger partial charge in [-0.25, -0.2) is 4.98 Å². The minimum atomic E-state index is 0.488. The Morgan fingerprint density at radius 2 is 1.38 bits per heavy atom. The second kappa shape index (κ2) is 8.91. The standard InChI is InChI=1S/C27H25N5/c1-17-11-18(2)13-22(12-17)23-14-19(3)26(20(4)15-23)31-25-9-10-29-27(32-25)30-24-7-5-21(16-28)6-8-24/h5-15H,1-4H3,(H2,29,30,31,32). The van der Waals surface area contributed by atoms with Crippen LogP contribution in [0.3, 0.4) is 0 Å². The minimum Gasteiger partial charge on any atom is -0.340 e. The van der Waals surface area contributed by atoms with Crippen LogP contribution >= 0.6 is 0 Å². The van der Waals surface area contributed by atoms with Gasteiger partial charge in [-0.05, 0) is 92.4 Å². The highest BCUT2D eigenvalue weighted by Gasteiger charge is 2.09. The number of hydrogen-bond donors (Lipinski definition) is 2. The van der Waals surface area contributed by atoms with Gasteiger partial charge in [0.25, 0.3) is 0 Å². The molecule has 5 heteroatoms. The van der Waals surface area contributed by atoms with Gasteiger partial charge in [-0.1, -0.05) is 29.3 Å². The van der Waals surface area contributed by atoms with Gasteiger partial charge in [0, 0.05) is 17.6 Å². The van der Waals surface area contributed by atoms with Crippen LogP contribution in [0.1, 0.15) is 27.8 Å². The summed E-state index contributed by atoms with van der Waals surface area (Å²) in [6.45, 7) is 8.48. The van der Waals surface area contributed by atoms with Crippen molar-refractivity contribution in [3.8, 4) is 17.2 Å². The number of benzene rings is 3. The molecule has 0 amide bonds. The fraction of sp³-hybridized carbons (Fsp3) is 0.148. The van der Waals surface area contributed by atoms with Gasteiger partial charge in [0.05, 0.1) is 11.6 Å². The molecule has 5 nitrogen and oxygen atoms in total. The maximum absolute atomic E-state index is 8.94. The van der Waals surface area contributed by atoms with Crippen LogP contribution in [0.4, 0.5) is 23.1 Å². The summed E-state index contributed by atoms with van der Waals surface area (Å²) >= 11 is 0. The monoisotopic (exact) mass is 419 g/mol. The van der Waals surface area contributed by atoms with E-state index in [0.717, 1.165) is 22.5 Å². The summed E-state index contributed by atoms with van der Waals surface area (Å²) in [4.78, 5) is 8.90. The van der Waals surface area contributed by atoms with Crippen molar-refractivity contribution in [1.82, 2.24) is 9.97 Å². The van der Waals surface area contributed by atoms with E-state index in [-0.39, 0.29) is 0 Å². The van der Waals surface area contributed by atoms with E-state index in [4.69, 9.17) is 5.26 Å². The Morgan fingerprint density at radius 3 is 2.00 bits per heavy atom. The minimum absolute atomic E-state index is 0.488. The molecule has 0 spiro atoms. The molecule has 0 aliphatic heterocycles. The molecule has 2 N–H and O–H groups in total. The van der Waals surface area contributed by atoms with Crippen molar-refractivity contribution in [2.24, 2.45) is 0 Å². The van der Waals surface area contributed by atoms with Gasteiger partial charge in [-0.3, -0.25) is 0 Å². The maximum atomic E-state index is 8.94. The number of aryl methyl sites for hydroxylation is 4. The number of rotatable bonds is 5. The van der Waals surface area contributed by atoms with Crippen LogP contribution in [0.15, 0.2) is 66.9 Å². The van der Waals surface area contributed by atoms with Gasteiger partial charge in [0.2, 0.25) is 5.95 Å². The van der Waals surface area contributed by atoms with Crippen LogP contribution in [-0.2, 0) is 0 Å². The first-order chi connectivity index (χ1) is 15.4. The van der Waals surface area contributed by atoms with Crippen molar-refractivity contribution in [1.29, 1.82) is 5.26 Å². The number of hydrogen-bond acceptors (Lipinski definition) is 5. The molecule has 0 saturated heterocycles. The third-order valence-electron chi connectivity index (χ3n) is 5.27. The molecule has 0 bridgehead atoms.